The molecule has 0 aliphatic heterocycles. The van der Waals surface area contributed by atoms with E-state index < -0.39 is 11.7 Å². The van der Waals surface area contributed by atoms with Crippen LogP contribution in [0.25, 0.3) is 0 Å². The van der Waals surface area contributed by atoms with Crippen LogP contribution in [0.5, 0.6) is 0 Å². The van der Waals surface area contributed by atoms with Gasteiger partial charge in [0.25, 0.3) is 0 Å². The molecule has 0 saturated carbocycles. The third kappa shape index (κ3) is 7.52. The Labute approximate surface area is 131 Å². The van der Waals surface area contributed by atoms with Gasteiger partial charge in [0.2, 0.25) is 5.91 Å². The summed E-state index contributed by atoms with van der Waals surface area (Å²) in [5.74, 6) is -0.351. The summed E-state index contributed by atoms with van der Waals surface area (Å²) in [6.07, 6.45) is -0.200. The molecule has 1 rings (SSSR count). The molecular formula is C16H25N3O3. The molecule has 0 radical (unpaired) electrons. The molecule has 4 N–H and O–H groups in total. The summed E-state index contributed by atoms with van der Waals surface area (Å²) in [5, 5.41) is 5.97. The first kappa shape index (κ1) is 17.8. The van der Waals surface area contributed by atoms with Crippen molar-refractivity contribution in [3.63, 3.8) is 0 Å². The molecule has 0 saturated heterocycles. The van der Waals surface area contributed by atoms with Gasteiger partial charge in [-0.1, -0.05) is 12.1 Å². The van der Waals surface area contributed by atoms with Crippen LogP contribution in [0, 0.1) is 0 Å². The standard InChI is InChI=1S/C16H25N3O3/c1-11(10-18-15(21)22-16(2,3)4)19-13-7-5-12(6-8-13)9-14(17)20/h5-8,11,19H,9-10H2,1-4H3,(H2,17,20)(H,18,21). The minimum absolute atomic E-state index is 0.0366. The third-order valence-electron chi connectivity index (χ3n) is 2.70. The van der Waals surface area contributed by atoms with Gasteiger partial charge in [-0.3, -0.25) is 4.79 Å². The molecule has 1 atom stereocenters. The Kier molecular flexibility index (Phi) is 6.22. The molecule has 0 aliphatic rings. The number of anilines is 1. The maximum atomic E-state index is 11.6. The van der Waals surface area contributed by atoms with Gasteiger partial charge in [-0.25, -0.2) is 4.79 Å². The highest BCUT2D eigenvalue weighted by Gasteiger charge is 2.16. The number of carbonyl (C=O) groups excluding carboxylic acids is 2. The van der Waals surface area contributed by atoms with Gasteiger partial charge in [0.05, 0.1) is 6.42 Å². The van der Waals surface area contributed by atoms with E-state index in [1.165, 1.54) is 0 Å². The van der Waals surface area contributed by atoms with Crippen molar-refractivity contribution < 1.29 is 14.3 Å². The molecule has 0 fully saturated rings. The fourth-order valence-corrected chi connectivity index (χ4v) is 1.81. The number of alkyl carbamates (subject to hydrolysis) is 1. The summed E-state index contributed by atoms with van der Waals surface area (Å²) in [6.45, 7) is 7.86. The number of ether oxygens (including phenoxy) is 1. The predicted octanol–water partition coefficient (Wildman–Crippen LogP) is 2.04. The Morgan fingerprint density at radius 3 is 2.32 bits per heavy atom. The van der Waals surface area contributed by atoms with Crippen molar-refractivity contribution in [2.24, 2.45) is 5.73 Å². The Bertz CT molecular complexity index is 506. The lowest BCUT2D eigenvalue weighted by atomic mass is 10.1. The number of primary amides is 1. The van der Waals surface area contributed by atoms with Crippen LogP contribution in [-0.2, 0) is 16.0 Å². The molecule has 0 aromatic heterocycles. The van der Waals surface area contributed by atoms with Crippen LogP contribution in [-0.4, -0.2) is 30.2 Å². The topological polar surface area (TPSA) is 93.4 Å². The lowest BCUT2D eigenvalue weighted by molar-refractivity contribution is -0.117. The van der Waals surface area contributed by atoms with E-state index >= 15 is 0 Å². The van der Waals surface area contributed by atoms with Gasteiger partial charge in [-0.15, -0.1) is 0 Å². The molecule has 1 aromatic carbocycles. The Balaban J connectivity index is 2.40. The third-order valence-corrected chi connectivity index (χ3v) is 2.70. The van der Waals surface area contributed by atoms with E-state index in [2.05, 4.69) is 10.6 Å². The minimum Gasteiger partial charge on any atom is -0.444 e. The van der Waals surface area contributed by atoms with E-state index in [0.717, 1.165) is 11.3 Å². The molecular weight excluding hydrogens is 282 g/mol. The second-order valence-corrected chi connectivity index (χ2v) is 6.27. The molecule has 0 spiro atoms. The van der Waals surface area contributed by atoms with Gasteiger partial charge in [0.1, 0.15) is 5.60 Å². The normalized spacial score (nSPS) is 12.4. The van der Waals surface area contributed by atoms with E-state index in [1.807, 2.05) is 52.0 Å². The number of carbonyl (C=O) groups is 2. The predicted molar refractivity (Wildman–Crippen MR) is 86.7 cm³/mol. The zero-order valence-electron chi connectivity index (χ0n) is 13.6. The van der Waals surface area contributed by atoms with Crippen LogP contribution >= 0.6 is 0 Å². The van der Waals surface area contributed by atoms with Crippen molar-refractivity contribution in [2.45, 2.75) is 45.8 Å². The zero-order chi connectivity index (χ0) is 16.8. The van der Waals surface area contributed by atoms with Crippen molar-refractivity contribution in [3.8, 4) is 0 Å². The first-order valence-corrected chi connectivity index (χ1v) is 7.26. The second-order valence-electron chi connectivity index (χ2n) is 6.27. The molecule has 1 unspecified atom stereocenters. The highest BCUT2D eigenvalue weighted by molar-refractivity contribution is 5.76. The van der Waals surface area contributed by atoms with Crippen molar-refractivity contribution in [1.29, 1.82) is 0 Å². The average molecular weight is 307 g/mol. The molecule has 22 heavy (non-hydrogen) atoms. The van der Waals surface area contributed by atoms with Gasteiger partial charge in [-0.05, 0) is 45.4 Å². The lowest BCUT2D eigenvalue weighted by Gasteiger charge is -2.21. The minimum atomic E-state index is -0.503. The Hall–Kier alpha value is -2.24. The highest BCUT2D eigenvalue weighted by Crippen LogP contribution is 2.11. The highest BCUT2D eigenvalue weighted by atomic mass is 16.6. The van der Waals surface area contributed by atoms with Crippen LogP contribution in [0.2, 0.25) is 0 Å². The number of hydrogen-bond acceptors (Lipinski definition) is 4. The zero-order valence-corrected chi connectivity index (χ0v) is 13.6. The molecule has 0 aliphatic carbocycles. The molecule has 0 bridgehead atoms. The summed E-state index contributed by atoms with van der Waals surface area (Å²) in [6, 6.07) is 7.49. The Morgan fingerprint density at radius 2 is 1.82 bits per heavy atom. The van der Waals surface area contributed by atoms with Crippen LogP contribution in [0.4, 0.5) is 10.5 Å². The number of nitrogens with one attached hydrogen (secondary N) is 2. The number of amides is 2. The summed E-state index contributed by atoms with van der Waals surface area (Å²) < 4.78 is 5.17. The fourth-order valence-electron chi connectivity index (χ4n) is 1.81. The largest absolute Gasteiger partial charge is 0.444 e. The summed E-state index contributed by atoms with van der Waals surface area (Å²) in [5.41, 5.74) is 6.43. The number of nitrogens with two attached hydrogens (primary N) is 1. The number of hydrogen-bond donors (Lipinski definition) is 3. The van der Waals surface area contributed by atoms with Crippen molar-refractivity contribution >= 4 is 17.7 Å². The van der Waals surface area contributed by atoms with Gasteiger partial charge in [0.15, 0.2) is 0 Å². The maximum Gasteiger partial charge on any atom is 0.407 e. The first-order valence-electron chi connectivity index (χ1n) is 7.26. The van der Waals surface area contributed by atoms with Gasteiger partial charge in [-0.2, -0.15) is 0 Å². The quantitative estimate of drug-likeness (QED) is 0.749. The molecule has 6 nitrogen and oxygen atoms in total. The van der Waals surface area contributed by atoms with Crippen LogP contribution in [0.3, 0.4) is 0 Å². The van der Waals surface area contributed by atoms with E-state index in [9.17, 15) is 9.59 Å². The van der Waals surface area contributed by atoms with Crippen molar-refractivity contribution in [3.05, 3.63) is 29.8 Å². The summed E-state index contributed by atoms with van der Waals surface area (Å²) in [4.78, 5) is 22.4. The second kappa shape index (κ2) is 7.68. The molecule has 0 heterocycles. The number of benzene rings is 1. The van der Waals surface area contributed by atoms with Crippen LogP contribution < -0.4 is 16.4 Å². The molecule has 2 amide bonds. The van der Waals surface area contributed by atoms with Gasteiger partial charge >= 0.3 is 6.09 Å². The van der Waals surface area contributed by atoms with Crippen molar-refractivity contribution in [2.75, 3.05) is 11.9 Å². The fraction of sp³-hybridized carbons (Fsp3) is 0.500. The molecule has 122 valence electrons. The lowest BCUT2D eigenvalue weighted by Crippen LogP contribution is -2.38. The Morgan fingerprint density at radius 1 is 1.23 bits per heavy atom. The molecule has 1 aromatic rings. The van der Waals surface area contributed by atoms with E-state index in [1.54, 1.807) is 0 Å². The monoisotopic (exact) mass is 307 g/mol. The maximum absolute atomic E-state index is 11.6. The van der Waals surface area contributed by atoms with Crippen LogP contribution in [0.1, 0.15) is 33.3 Å². The van der Waals surface area contributed by atoms with Gasteiger partial charge in [0, 0.05) is 18.3 Å². The van der Waals surface area contributed by atoms with E-state index in [0.29, 0.717) is 6.54 Å². The van der Waals surface area contributed by atoms with Gasteiger partial charge < -0.3 is 21.1 Å². The number of rotatable bonds is 6. The van der Waals surface area contributed by atoms with E-state index in [-0.39, 0.29) is 18.4 Å². The SMILES string of the molecule is CC(CNC(=O)OC(C)(C)C)Nc1ccc(CC(N)=O)cc1. The molecule has 6 heteroatoms. The first-order chi connectivity index (χ1) is 10.2. The summed E-state index contributed by atoms with van der Waals surface area (Å²) in [7, 11) is 0. The van der Waals surface area contributed by atoms with Crippen LogP contribution in [0.15, 0.2) is 24.3 Å². The van der Waals surface area contributed by atoms with E-state index in [4.69, 9.17) is 10.5 Å². The van der Waals surface area contributed by atoms with Crippen molar-refractivity contribution in [1.82, 2.24) is 5.32 Å². The summed E-state index contributed by atoms with van der Waals surface area (Å²) >= 11 is 0. The average Bonchev–Trinajstić information content (AvgIpc) is 2.36. The smallest absolute Gasteiger partial charge is 0.407 e.